The van der Waals surface area contributed by atoms with Gasteiger partial charge in [0.2, 0.25) is 0 Å². The number of hydrogen-bond donors (Lipinski definition) is 0. The van der Waals surface area contributed by atoms with Crippen LogP contribution in [0.1, 0.15) is 54.4 Å². The average molecular weight is 452 g/mol. The zero-order valence-electron chi connectivity index (χ0n) is 17.9. The Morgan fingerprint density at radius 2 is 1.72 bits per heavy atom. The van der Waals surface area contributed by atoms with Crippen LogP contribution in [0.2, 0.25) is 5.02 Å². The number of fused-ring (bicyclic) bond motifs is 1. The molecule has 0 spiro atoms. The van der Waals surface area contributed by atoms with Crippen LogP contribution in [0.5, 0.6) is 0 Å². The van der Waals surface area contributed by atoms with Crippen molar-refractivity contribution in [1.82, 2.24) is 5.01 Å². The first-order valence-corrected chi connectivity index (χ1v) is 11.7. The van der Waals surface area contributed by atoms with Gasteiger partial charge in [-0.05, 0) is 68.1 Å². The number of ether oxygens (including phenoxy) is 1. The smallest absolute Gasteiger partial charge is 0.349 e. The Morgan fingerprint density at radius 1 is 1.00 bits per heavy atom. The van der Waals surface area contributed by atoms with E-state index >= 15 is 0 Å². The maximum absolute atomic E-state index is 14.0. The molecule has 7 heteroatoms. The van der Waals surface area contributed by atoms with Crippen LogP contribution in [0, 0.1) is 5.92 Å². The number of nitrogens with zero attached hydrogens (tertiary/aromatic N) is 3. The van der Waals surface area contributed by atoms with Gasteiger partial charge in [0.1, 0.15) is 6.29 Å². The Bertz CT molecular complexity index is 1040. The van der Waals surface area contributed by atoms with Crippen LogP contribution >= 0.6 is 11.6 Å². The molecule has 2 fully saturated rings. The fourth-order valence-corrected chi connectivity index (χ4v) is 5.11. The van der Waals surface area contributed by atoms with Crippen molar-refractivity contribution in [1.29, 1.82) is 0 Å². The van der Waals surface area contributed by atoms with Gasteiger partial charge in [-0.2, -0.15) is 5.10 Å². The molecule has 5 rings (SSSR count). The molecule has 2 amide bonds. The number of amides is 2. The van der Waals surface area contributed by atoms with Crippen LogP contribution in [0.3, 0.4) is 0 Å². The summed E-state index contributed by atoms with van der Waals surface area (Å²) in [5.41, 5.74) is 3.90. The molecular formula is C25H26ClN3O3. The lowest BCUT2D eigenvalue weighted by molar-refractivity contribution is 0.0481. The third-order valence-electron chi connectivity index (χ3n) is 6.65. The maximum atomic E-state index is 14.0. The topological polar surface area (TPSA) is 62.2 Å². The summed E-state index contributed by atoms with van der Waals surface area (Å²) >= 11 is 6.42. The highest BCUT2D eigenvalue weighted by molar-refractivity contribution is 6.31. The van der Waals surface area contributed by atoms with E-state index in [-0.39, 0.29) is 12.1 Å². The summed E-state index contributed by atoms with van der Waals surface area (Å²) < 4.78 is 5.55. The molecule has 166 valence electrons. The minimum Gasteiger partial charge on any atom is -0.381 e. The number of carbonyl (C=O) groups excluding carboxylic acids is 2. The highest BCUT2D eigenvalue weighted by Crippen LogP contribution is 2.40. The van der Waals surface area contributed by atoms with Gasteiger partial charge in [-0.25, -0.2) is 9.80 Å². The van der Waals surface area contributed by atoms with E-state index in [2.05, 4.69) is 0 Å². The van der Waals surface area contributed by atoms with Gasteiger partial charge in [0, 0.05) is 35.3 Å². The molecule has 1 aliphatic carbocycles. The summed E-state index contributed by atoms with van der Waals surface area (Å²) in [4.78, 5) is 26.9. The molecule has 0 atom stereocenters. The molecule has 2 aromatic rings. The fourth-order valence-electron chi connectivity index (χ4n) is 4.94. The van der Waals surface area contributed by atoms with E-state index in [0.29, 0.717) is 35.4 Å². The van der Waals surface area contributed by atoms with Gasteiger partial charge in [-0.1, -0.05) is 24.4 Å². The molecule has 6 nitrogen and oxygen atoms in total. The Morgan fingerprint density at radius 3 is 2.41 bits per heavy atom. The summed E-state index contributed by atoms with van der Waals surface area (Å²) in [6.45, 7) is 1.24. The van der Waals surface area contributed by atoms with Gasteiger partial charge >= 0.3 is 6.03 Å². The highest BCUT2D eigenvalue weighted by Gasteiger charge is 2.37. The van der Waals surface area contributed by atoms with Crippen LogP contribution < -0.4 is 4.90 Å². The van der Waals surface area contributed by atoms with Crippen LogP contribution in [0.25, 0.3) is 0 Å². The van der Waals surface area contributed by atoms with Gasteiger partial charge in [0.25, 0.3) is 0 Å². The average Bonchev–Trinajstić information content (AvgIpc) is 3.32. The van der Waals surface area contributed by atoms with E-state index in [4.69, 9.17) is 21.4 Å². The molecule has 0 bridgehead atoms. The van der Waals surface area contributed by atoms with E-state index in [1.165, 1.54) is 12.8 Å². The summed E-state index contributed by atoms with van der Waals surface area (Å²) in [6.07, 6.45) is 6.80. The number of urea groups is 1. The van der Waals surface area contributed by atoms with Gasteiger partial charge in [-0.3, -0.25) is 9.69 Å². The number of benzene rings is 2. The Labute approximate surface area is 192 Å². The molecule has 1 saturated heterocycles. The van der Waals surface area contributed by atoms with Crippen molar-refractivity contribution >= 4 is 41.0 Å². The number of hydrogen-bond acceptors (Lipinski definition) is 4. The first-order chi connectivity index (χ1) is 15.7. The van der Waals surface area contributed by atoms with Crippen LogP contribution in [0.15, 0.2) is 47.6 Å². The Kier molecular flexibility index (Phi) is 5.98. The molecule has 2 aromatic carbocycles. The van der Waals surface area contributed by atoms with Crippen LogP contribution in [-0.2, 0) is 4.74 Å². The quantitative estimate of drug-likeness (QED) is 0.552. The summed E-state index contributed by atoms with van der Waals surface area (Å²) in [6, 6.07) is 12.5. The molecule has 0 unspecified atom stereocenters. The van der Waals surface area contributed by atoms with Crippen molar-refractivity contribution in [3.63, 3.8) is 0 Å². The predicted molar refractivity (Wildman–Crippen MR) is 125 cm³/mol. The van der Waals surface area contributed by atoms with Crippen LogP contribution in [0.4, 0.5) is 16.2 Å². The van der Waals surface area contributed by atoms with Crippen molar-refractivity contribution in [3.05, 3.63) is 58.6 Å². The summed E-state index contributed by atoms with van der Waals surface area (Å²) in [7, 11) is 0. The highest BCUT2D eigenvalue weighted by atomic mass is 35.5. The van der Waals surface area contributed by atoms with E-state index in [1.54, 1.807) is 34.2 Å². The predicted octanol–water partition coefficient (Wildman–Crippen LogP) is 5.80. The SMILES string of the molecule is O=Cc1ccc(N2C(=O)N(C3CCOCC3)N=C(C3CCCC3)c3ccc(Cl)cc32)cc1. The number of aldehydes is 1. The van der Waals surface area contributed by atoms with Crippen LogP contribution in [-0.4, -0.2) is 42.3 Å². The largest absolute Gasteiger partial charge is 0.381 e. The molecule has 0 aromatic heterocycles. The number of hydrazone groups is 1. The number of halogens is 1. The maximum Gasteiger partial charge on any atom is 0.349 e. The first kappa shape index (κ1) is 21.2. The third kappa shape index (κ3) is 3.93. The second-order valence-electron chi connectivity index (χ2n) is 8.64. The first-order valence-electron chi connectivity index (χ1n) is 11.3. The van der Waals surface area contributed by atoms with Gasteiger partial charge in [-0.15, -0.1) is 0 Å². The minimum absolute atomic E-state index is 0.0193. The number of anilines is 2. The molecule has 1 saturated carbocycles. The lowest BCUT2D eigenvalue weighted by Crippen LogP contribution is -2.45. The lowest BCUT2D eigenvalue weighted by Gasteiger charge is -2.33. The van der Waals surface area contributed by atoms with Gasteiger partial charge < -0.3 is 4.74 Å². The molecule has 0 N–H and O–H groups in total. The van der Waals surface area contributed by atoms with E-state index in [9.17, 15) is 9.59 Å². The Hall–Kier alpha value is -2.70. The third-order valence-corrected chi connectivity index (χ3v) is 6.88. The summed E-state index contributed by atoms with van der Waals surface area (Å²) in [5, 5.41) is 7.29. The second-order valence-corrected chi connectivity index (χ2v) is 9.08. The van der Waals surface area contributed by atoms with Crippen molar-refractivity contribution in [3.8, 4) is 0 Å². The summed E-state index contributed by atoms with van der Waals surface area (Å²) in [5.74, 6) is 0.322. The molecule has 0 radical (unpaired) electrons. The normalized spacial score (nSPS) is 20.2. The monoisotopic (exact) mass is 451 g/mol. The van der Waals surface area contributed by atoms with Crippen molar-refractivity contribution < 1.29 is 14.3 Å². The number of rotatable bonds is 4. The van der Waals surface area contributed by atoms with E-state index in [0.717, 1.165) is 48.9 Å². The zero-order valence-corrected chi connectivity index (χ0v) is 18.6. The Balaban J connectivity index is 1.68. The molecule has 2 heterocycles. The van der Waals surface area contributed by atoms with Gasteiger partial charge in [0.05, 0.1) is 23.1 Å². The molecular weight excluding hydrogens is 426 g/mol. The molecule has 3 aliphatic rings. The second kappa shape index (κ2) is 9.04. The van der Waals surface area contributed by atoms with Crippen molar-refractivity contribution in [2.24, 2.45) is 11.0 Å². The zero-order chi connectivity index (χ0) is 22.1. The van der Waals surface area contributed by atoms with Crippen molar-refractivity contribution in [2.45, 2.75) is 44.6 Å². The van der Waals surface area contributed by atoms with Crippen molar-refractivity contribution in [2.75, 3.05) is 18.1 Å². The van der Waals surface area contributed by atoms with E-state index < -0.39 is 0 Å². The standard InChI is InChI=1S/C25H26ClN3O3/c26-19-7-10-22-23(15-19)28(20-8-5-17(16-30)6-9-20)25(31)29(21-11-13-32-14-12-21)27-24(22)18-3-1-2-4-18/h5-10,15-16,18,21H,1-4,11-14H2. The molecule has 2 aliphatic heterocycles. The van der Waals surface area contributed by atoms with E-state index in [1.807, 2.05) is 18.2 Å². The fraction of sp³-hybridized carbons (Fsp3) is 0.400. The lowest BCUT2D eigenvalue weighted by atomic mass is 9.93. The minimum atomic E-state index is -0.202. The molecule has 32 heavy (non-hydrogen) atoms. The number of carbonyl (C=O) groups is 2. The van der Waals surface area contributed by atoms with Gasteiger partial charge in [0.15, 0.2) is 0 Å².